The van der Waals surface area contributed by atoms with E-state index < -0.39 is 18.0 Å². The Kier molecular flexibility index (Phi) is 5.46. The maximum Gasteiger partial charge on any atom is 0.312 e. The molecule has 0 aliphatic carbocycles. The number of nitrogens with zero attached hydrogens (tertiary/aromatic N) is 2. The number of carbonyl (C=O) groups is 2. The Morgan fingerprint density at radius 3 is 2.70 bits per heavy atom. The molecule has 2 heterocycles. The third-order valence-corrected chi connectivity index (χ3v) is 4.08. The fourth-order valence-electron chi connectivity index (χ4n) is 2.45. The monoisotopic (exact) mass is 386 g/mol. The van der Waals surface area contributed by atoms with Crippen LogP contribution in [0.15, 0.2) is 47.4 Å². The van der Waals surface area contributed by atoms with Crippen LogP contribution in [0.3, 0.4) is 0 Å². The highest BCUT2D eigenvalue weighted by molar-refractivity contribution is 6.32. The van der Waals surface area contributed by atoms with E-state index in [4.69, 9.17) is 16.3 Å². The molecule has 3 rings (SSSR count). The molecule has 2 aromatic heterocycles. The summed E-state index contributed by atoms with van der Waals surface area (Å²) in [4.78, 5) is 40.0. The minimum atomic E-state index is -1.05. The number of fused-ring (bicyclic) bond motifs is 1. The molecule has 9 heteroatoms. The van der Waals surface area contributed by atoms with Gasteiger partial charge < -0.3 is 10.1 Å². The number of aromatic nitrogens is 3. The van der Waals surface area contributed by atoms with Gasteiger partial charge in [0.15, 0.2) is 11.3 Å². The van der Waals surface area contributed by atoms with Gasteiger partial charge in [-0.05, 0) is 25.1 Å². The van der Waals surface area contributed by atoms with Gasteiger partial charge in [0.25, 0.3) is 11.5 Å². The molecule has 1 amide bonds. The van der Waals surface area contributed by atoms with Gasteiger partial charge in [-0.25, -0.2) is 10.1 Å². The lowest BCUT2D eigenvalue weighted by Gasteiger charge is -2.14. The number of amides is 1. The van der Waals surface area contributed by atoms with Crippen LogP contribution < -0.4 is 10.9 Å². The average molecular weight is 387 g/mol. The van der Waals surface area contributed by atoms with Crippen LogP contribution in [0.5, 0.6) is 0 Å². The molecule has 0 radical (unpaired) electrons. The lowest BCUT2D eigenvalue weighted by molar-refractivity contribution is -0.152. The van der Waals surface area contributed by atoms with Gasteiger partial charge in [-0.2, -0.15) is 5.10 Å². The van der Waals surface area contributed by atoms with Crippen LogP contribution in [-0.4, -0.2) is 33.2 Å². The van der Waals surface area contributed by atoms with Crippen molar-refractivity contribution >= 4 is 39.9 Å². The molecule has 0 unspecified atom stereocenters. The van der Waals surface area contributed by atoms with Crippen molar-refractivity contribution in [3.05, 3.63) is 63.8 Å². The normalized spacial score (nSPS) is 11.8. The van der Waals surface area contributed by atoms with Crippen molar-refractivity contribution in [3.63, 3.8) is 0 Å². The summed E-state index contributed by atoms with van der Waals surface area (Å²) in [5, 5.41) is 9.91. The largest absolute Gasteiger partial charge is 0.452 e. The Morgan fingerprint density at radius 2 is 1.96 bits per heavy atom. The number of pyridine rings is 1. The minimum absolute atomic E-state index is 0.133. The number of esters is 1. The molecule has 8 nitrogen and oxygen atoms in total. The number of benzene rings is 1. The predicted octanol–water partition coefficient (Wildman–Crippen LogP) is 2.08. The van der Waals surface area contributed by atoms with Gasteiger partial charge in [0, 0.05) is 11.6 Å². The van der Waals surface area contributed by atoms with Crippen LogP contribution >= 0.6 is 11.6 Å². The summed E-state index contributed by atoms with van der Waals surface area (Å²) in [5.74, 6) is -1.20. The maximum absolute atomic E-state index is 12.2. The molecule has 27 heavy (non-hydrogen) atoms. The number of anilines is 1. The Labute approximate surface area is 158 Å². The van der Waals surface area contributed by atoms with E-state index in [1.165, 1.54) is 13.1 Å². The van der Waals surface area contributed by atoms with E-state index in [2.05, 4.69) is 20.5 Å². The fourth-order valence-corrected chi connectivity index (χ4v) is 2.62. The molecule has 3 aromatic rings. The molecule has 1 atom stereocenters. The van der Waals surface area contributed by atoms with Gasteiger partial charge in [0.05, 0.1) is 23.2 Å². The first-order valence-corrected chi connectivity index (χ1v) is 8.40. The van der Waals surface area contributed by atoms with Crippen LogP contribution in [0, 0.1) is 0 Å². The minimum Gasteiger partial charge on any atom is -0.452 e. The molecule has 0 saturated heterocycles. The second kappa shape index (κ2) is 7.96. The number of carbonyl (C=O) groups excluding carboxylic acids is 2. The number of hydrogen-bond acceptors (Lipinski definition) is 6. The zero-order valence-electron chi connectivity index (χ0n) is 14.2. The van der Waals surface area contributed by atoms with Gasteiger partial charge in [-0.15, -0.1) is 0 Å². The zero-order chi connectivity index (χ0) is 19.4. The van der Waals surface area contributed by atoms with Crippen LogP contribution in [0.25, 0.3) is 10.8 Å². The van der Waals surface area contributed by atoms with Crippen molar-refractivity contribution < 1.29 is 14.3 Å². The van der Waals surface area contributed by atoms with Gasteiger partial charge >= 0.3 is 5.97 Å². The Morgan fingerprint density at radius 1 is 1.22 bits per heavy atom. The van der Waals surface area contributed by atoms with E-state index >= 15 is 0 Å². The van der Waals surface area contributed by atoms with Crippen molar-refractivity contribution in [1.82, 2.24) is 15.2 Å². The molecule has 0 saturated carbocycles. The number of hydrogen-bond donors (Lipinski definition) is 2. The molecular weight excluding hydrogens is 372 g/mol. The molecule has 0 aliphatic heterocycles. The summed E-state index contributed by atoms with van der Waals surface area (Å²) < 4.78 is 5.16. The SMILES string of the molecule is C[C@H](OC(=O)Cc1n[nH]c(=O)c2ccccc12)C(=O)Nc1cccnc1Cl. The molecule has 0 fully saturated rings. The smallest absolute Gasteiger partial charge is 0.312 e. The highest BCUT2D eigenvalue weighted by Gasteiger charge is 2.20. The highest BCUT2D eigenvalue weighted by Crippen LogP contribution is 2.18. The third kappa shape index (κ3) is 4.29. The quantitative estimate of drug-likeness (QED) is 0.512. The highest BCUT2D eigenvalue weighted by atomic mass is 35.5. The van der Waals surface area contributed by atoms with Gasteiger partial charge in [-0.1, -0.05) is 29.8 Å². The van der Waals surface area contributed by atoms with E-state index in [0.29, 0.717) is 22.2 Å². The first-order valence-electron chi connectivity index (χ1n) is 8.03. The molecule has 0 bridgehead atoms. The van der Waals surface area contributed by atoms with E-state index in [1.807, 2.05) is 0 Å². The first kappa shape index (κ1) is 18.5. The van der Waals surface area contributed by atoms with E-state index in [9.17, 15) is 14.4 Å². The van der Waals surface area contributed by atoms with Crippen LogP contribution in [0.2, 0.25) is 5.15 Å². The third-order valence-electron chi connectivity index (χ3n) is 3.78. The van der Waals surface area contributed by atoms with E-state index in [1.54, 1.807) is 36.4 Å². The molecule has 0 spiro atoms. The summed E-state index contributed by atoms with van der Waals surface area (Å²) in [6.45, 7) is 1.44. The fraction of sp³-hybridized carbons (Fsp3) is 0.167. The summed E-state index contributed by atoms with van der Waals surface area (Å²) in [5.41, 5.74) is 0.335. The standard InChI is InChI=1S/C18H15ClN4O4/c1-10(17(25)21-13-7-4-8-20-16(13)19)27-15(24)9-14-11-5-2-3-6-12(11)18(26)23-22-14/h2-8,10H,9H2,1H3,(H,21,25)(H,23,26)/t10-/m0/s1. The maximum atomic E-state index is 12.2. The number of aromatic amines is 1. The van der Waals surface area contributed by atoms with Crippen molar-refractivity contribution in [3.8, 4) is 0 Å². The lowest BCUT2D eigenvalue weighted by atomic mass is 10.1. The Balaban J connectivity index is 1.67. The molecular formula is C18H15ClN4O4. The Hall–Kier alpha value is -3.26. The van der Waals surface area contributed by atoms with Gasteiger partial charge in [0.1, 0.15) is 0 Å². The molecule has 1 aromatic carbocycles. The zero-order valence-corrected chi connectivity index (χ0v) is 15.0. The van der Waals surface area contributed by atoms with Crippen LogP contribution in [0.4, 0.5) is 5.69 Å². The van der Waals surface area contributed by atoms with Crippen molar-refractivity contribution in [2.24, 2.45) is 0 Å². The summed E-state index contributed by atoms with van der Waals surface area (Å²) in [7, 11) is 0. The van der Waals surface area contributed by atoms with E-state index in [-0.39, 0.29) is 17.1 Å². The number of ether oxygens (including phenoxy) is 1. The van der Waals surface area contributed by atoms with E-state index in [0.717, 1.165) is 0 Å². The topological polar surface area (TPSA) is 114 Å². The number of nitrogens with one attached hydrogen (secondary N) is 2. The lowest BCUT2D eigenvalue weighted by Crippen LogP contribution is -2.30. The van der Waals surface area contributed by atoms with Crippen molar-refractivity contribution in [1.29, 1.82) is 0 Å². The number of rotatable bonds is 5. The summed E-state index contributed by atoms with van der Waals surface area (Å²) >= 11 is 5.88. The first-order chi connectivity index (χ1) is 13.0. The number of halogens is 1. The van der Waals surface area contributed by atoms with Crippen molar-refractivity contribution in [2.75, 3.05) is 5.32 Å². The summed E-state index contributed by atoms with van der Waals surface area (Å²) in [6.07, 6.45) is 0.244. The van der Waals surface area contributed by atoms with Crippen LogP contribution in [0.1, 0.15) is 12.6 Å². The van der Waals surface area contributed by atoms with Gasteiger partial charge in [0.2, 0.25) is 0 Å². The average Bonchev–Trinajstić information content (AvgIpc) is 2.66. The molecule has 2 N–H and O–H groups in total. The molecule has 0 aliphatic rings. The molecule has 138 valence electrons. The van der Waals surface area contributed by atoms with Crippen molar-refractivity contribution in [2.45, 2.75) is 19.4 Å². The van der Waals surface area contributed by atoms with Gasteiger partial charge in [-0.3, -0.25) is 14.4 Å². The number of H-pyrrole nitrogens is 1. The second-order valence-electron chi connectivity index (χ2n) is 5.68. The van der Waals surface area contributed by atoms with Crippen LogP contribution in [-0.2, 0) is 20.7 Å². The summed E-state index contributed by atoms with van der Waals surface area (Å²) in [6, 6.07) is 9.99. The predicted molar refractivity (Wildman–Crippen MR) is 99.5 cm³/mol. The Bertz CT molecular complexity index is 1070. The second-order valence-corrected chi connectivity index (χ2v) is 6.04.